The molecule has 9 rings (SSSR count). The molecule has 1 unspecified atom stereocenters. The Bertz CT molecular complexity index is 1330. The molecule has 0 spiro atoms. The van der Waals surface area contributed by atoms with Gasteiger partial charge in [-0.15, -0.1) is 0 Å². The van der Waals surface area contributed by atoms with Crippen molar-refractivity contribution in [2.75, 3.05) is 119 Å². The highest BCUT2D eigenvalue weighted by molar-refractivity contribution is 5.03. The van der Waals surface area contributed by atoms with E-state index in [2.05, 4.69) is 52.1 Å². The lowest BCUT2D eigenvalue weighted by Gasteiger charge is -2.36. The summed E-state index contributed by atoms with van der Waals surface area (Å²) in [6.07, 6.45) is 22.0. The Kier molecular flexibility index (Phi) is 71.1. The molecular formula is C55H131N19O6. The quantitative estimate of drug-likeness (QED) is 0.0601. The first-order valence-corrected chi connectivity index (χ1v) is 29.0. The predicted molar refractivity (Wildman–Crippen MR) is 332 cm³/mol. The van der Waals surface area contributed by atoms with E-state index in [9.17, 15) is 0 Å². The van der Waals surface area contributed by atoms with E-state index in [0.717, 1.165) is 134 Å². The molecule has 0 bridgehead atoms. The third kappa shape index (κ3) is 77.6. The van der Waals surface area contributed by atoms with Crippen molar-refractivity contribution in [3.8, 4) is 6.19 Å². The third-order valence-corrected chi connectivity index (χ3v) is 11.5. The summed E-state index contributed by atoms with van der Waals surface area (Å²) in [5.74, 6) is 7.02. The van der Waals surface area contributed by atoms with Crippen molar-refractivity contribution in [2.45, 2.75) is 181 Å². The van der Waals surface area contributed by atoms with Crippen LogP contribution in [-0.4, -0.2) is 176 Å². The van der Waals surface area contributed by atoms with Crippen LogP contribution in [0.25, 0.3) is 0 Å². The minimum Gasteiger partial charge on any atom is -0.396 e. The van der Waals surface area contributed by atoms with Crippen LogP contribution in [0, 0.1) is 41.5 Å². The fourth-order valence-corrected chi connectivity index (χ4v) is 5.38. The van der Waals surface area contributed by atoms with Crippen molar-refractivity contribution >= 4 is 0 Å². The van der Waals surface area contributed by atoms with Gasteiger partial charge in [0.25, 0.3) is 0 Å². The highest BCUT2D eigenvalue weighted by atomic mass is 16.6. The minimum absolute atomic E-state index is 0. The van der Waals surface area contributed by atoms with Gasteiger partial charge in [0.2, 0.25) is 0 Å². The molecule has 80 heavy (non-hydrogen) atoms. The first kappa shape index (κ1) is 88.7. The van der Waals surface area contributed by atoms with Gasteiger partial charge in [-0.1, -0.05) is 20.8 Å². The number of aliphatic hydroxyl groups excluding tert-OH is 1. The zero-order valence-electron chi connectivity index (χ0n) is 52.2. The number of aliphatic hydroxyl groups is 1. The topological polar surface area (TPSA) is 518 Å². The van der Waals surface area contributed by atoms with Crippen LogP contribution in [-0.2, 0) is 23.8 Å². The van der Waals surface area contributed by atoms with Crippen molar-refractivity contribution in [1.29, 1.82) is 5.26 Å². The molecule has 5 heterocycles. The molecule has 8 fully saturated rings. The summed E-state index contributed by atoms with van der Waals surface area (Å²) in [5, 5.41) is 15.1. The van der Waals surface area contributed by atoms with Crippen molar-refractivity contribution in [1.82, 2.24) is 21.0 Å². The molecule has 4 aliphatic heterocycles. The van der Waals surface area contributed by atoms with Crippen molar-refractivity contribution in [2.24, 2.45) is 104 Å². The van der Waals surface area contributed by atoms with Crippen LogP contribution in [0.1, 0.15) is 149 Å². The van der Waals surface area contributed by atoms with E-state index in [1.807, 2.05) is 27.7 Å². The molecule has 1 aromatic heterocycles. The van der Waals surface area contributed by atoms with Crippen LogP contribution in [0.2, 0.25) is 0 Å². The number of nitriles is 1. The van der Waals surface area contributed by atoms with Crippen molar-refractivity contribution < 1.29 is 28.9 Å². The second-order valence-electron chi connectivity index (χ2n) is 21.5. The van der Waals surface area contributed by atoms with E-state index in [-0.39, 0.29) is 18.8 Å². The standard InChI is InChI=1S/C7H11N3.C6H14N2.2C5H11NO.2C5H11N.C4H11NO.C4H9N.C3H7NO.C3H9NO.C3H7N.C3H9N.CH2N2.CH5NO.H3N/c1-5-3-10-7(4-9-5)6(2)8;7-3-6-8-4-1-2-5-8;1-5(2-6)3-7-4-5;6-5-1-3-7-4-2-5;2*1-4(6)5-2-3-5;1-6-4-2-3-5;5-3-4-1-2-4;4-3-1-5-2-3;4-2-1-3-5;4-3-1-2-3;1-3(2)4;2-1-3;1-3-2;/h3-4,6H,8H2,1-2H3;1-7H2;2-4,6H2,1H3;5H,1-4,6H2;2*4-5H,2-3,6H2,1H3;2-5H2,1H3;4H,1-3,5H2;3H,1-2,4H2;5H,1-4H2;3H,1-2,4H2;3H,4H2,1-2H3;2H2;2H2,1H3;1H3/t;;;;2*4-;;;;;;;;;/m....10........./s1. The maximum atomic E-state index is 7.99. The Morgan fingerprint density at radius 1 is 0.713 bits per heavy atom. The van der Waals surface area contributed by atoms with Crippen molar-refractivity contribution in [3.63, 3.8) is 0 Å². The Labute approximate surface area is 487 Å². The third-order valence-electron chi connectivity index (χ3n) is 11.5. The highest BCUT2D eigenvalue weighted by Crippen LogP contribution is 2.31. The minimum atomic E-state index is -0.0203. The molecule has 0 aromatic carbocycles. The Morgan fingerprint density at radius 3 is 1.27 bits per heavy atom. The van der Waals surface area contributed by atoms with Gasteiger partial charge in [-0.25, -0.2) is 5.90 Å². The van der Waals surface area contributed by atoms with Crippen LogP contribution in [0.3, 0.4) is 0 Å². The van der Waals surface area contributed by atoms with Gasteiger partial charge >= 0.3 is 0 Å². The average molecular weight is 1150 g/mol. The van der Waals surface area contributed by atoms with Gasteiger partial charge in [-0.3, -0.25) is 9.97 Å². The lowest BCUT2D eigenvalue weighted by Crippen LogP contribution is -2.45. The van der Waals surface area contributed by atoms with Gasteiger partial charge < -0.3 is 114 Å². The summed E-state index contributed by atoms with van der Waals surface area (Å²) >= 11 is 0. The van der Waals surface area contributed by atoms with Crippen LogP contribution in [0.4, 0.5) is 0 Å². The first-order chi connectivity index (χ1) is 37.5. The van der Waals surface area contributed by atoms with Gasteiger partial charge in [0, 0.05) is 95.0 Å². The number of rotatable bonds is 12. The largest absolute Gasteiger partial charge is 0.396 e. The lowest BCUT2D eigenvalue weighted by atomic mass is 9.89. The van der Waals surface area contributed by atoms with Crippen LogP contribution in [0.15, 0.2) is 12.4 Å². The molecule has 482 valence electrons. The molecule has 25 nitrogen and oxygen atoms in total. The second kappa shape index (κ2) is 64.1. The van der Waals surface area contributed by atoms with Crippen molar-refractivity contribution in [3.05, 3.63) is 23.8 Å². The first-order valence-electron chi connectivity index (χ1n) is 29.0. The Morgan fingerprint density at radius 2 is 1.14 bits per heavy atom. The molecule has 4 aliphatic carbocycles. The molecule has 1 aromatic rings. The molecule has 32 N–H and O–H groups in total. The average Bonchev–Trinajstić information content (AvgIpc) is 4.16. The van der Waals surface area contributed by atoms with E-state index in [0.29, 0.717) is 48.2 Å². The van der Waals surface area contributed by atoms with Gasteiger partial charge in [0.1, 0.15) is 0 Å². The summed E-state index contributed by atoms with van der Waals surface area (Å²) in [5.41, 5.74) is 70.0. The monoisotopic (exact) mass is 1150 g/mol. The van der Waals surface area contributed by atoms with E-state index < -0.39 is 0 Å². The van der Waals surface area contributed by atoms with Gasteiger partial charge in [0.05, 0.1) is 57.2 Å². The normalized spacial score (nSPS) is 18.8. The van der Waals surface area contributed by atoms with E-state index in [4.69, 9.17) is 98.1 Å². The predicted octanol–water partition coefficient (Wildman–Crippen LogP) is 1.00. The smallest absolute Gasteiger partial charge is 0.173 e. The number of likely N-dealkylation sites (tertiary alicyclic amines) is 1. The number of ether oxygens (including phenoxy) is 4. The summed E-state index contributed by atoms with van der Waals surface area (Å²) in [6.45, 7) is 27.4. The number of methoxy groups -OCH3 is 1. The van der Waals surface area contributed by atoms with E-state index in [1.165, 1.54) is 90.6 Å². The Hall–Kier alpha value is -2.47. The zero-order chi connectivity index (χ0) is 61.3. The van der Waals surface area contributed by atoms with Gasteiger partial charge in [-0.2, -0.15) is 5.26 Å². The number of nitrogens with zero attached hydrogens (tertiary/aromatic N) is 4. The van der Waals surface area contributed by atoms with Crippen LogP contribution >= 0.6 is 0 Å². The van der Waals surface area contributed by atoms with Gasteiger partial charge in [0.15, 0.2) is 6.19 Å². The number of hydrogen-bond acceptors (Lipinski definition) is 25. The zero-order valence-corrected chi connectivity index (χ0v) is 52.2. The summed E-state index contributed by atoms with van der Waals surface area (Å²) in [4.78, 5) is 14.3. The number of aryl methyl sites for hydroxylation is 1. The molecule has 4 saturated heterocycles. The number of hydrogen-bond donors (Lipinski definition) is 16. The summed E-state index contributed by atoms with van der Waals surface area (Å²) < 4.78 is 19.4. The van der Waals surface area contributed by atoms with Crippen LogP contribution < -0.4 is 86.6 Å². The molecule has 4 saturated carbocycles. The number of aromatic nitrogens is 2. The molecule has 3 atom stereocenters. The fourth-order valence-electron chi connectivity index (χ4n) is 5.38. The fraction of sp³-hybridized carbons (Fsp3) is 0.909. The molecular weight excluding hydrogens is 1020 g/mol. The van der Waals surface area contributed by atoms with E-state index in [1.54, 1.807) is 19.5 Å². The second-order valence-corrected chi connectivity index (χ2v) is 21.5. The molecule has 8 aliphatic rings. The van der Waals surface area contributed by atoms with Gasteiger partial charge in [-0.05, 0) is 174 Å². The lowest BCUT2D eigenvalue weighted by molar-refractivity contribution is -0.0947. The molecule has 25 heteroatoms. The molecule has 0 radical (unpaired) electrons. The maximum absolute atomic E-state index is 7.99. The molecule has 0 amide bonds. The van der Waals surface area contributed by atoms with E-state index >= 15 is 0 Å². The Balaban J connectivity index is -0.000000186. The summed E-state index contributed by atoms with van der Waals surface area (Å²) in [7, 11) is 3.08. The van der Waals surface area contributed by atoms with Crippen LogP contribution in [0.5, 0.6) is 0 Å². The summed E-state index contributed by atoms with van der Waals surface area (Å²) in [6, 6.07) is 2.58. The maximum Gasteiger partial charge on any atom is 0.173 e. The SMILES string of the molecule is CC(C)N.CC1(CN)COC1.COCCCN.CON.C[C@@H](N)C1CC1.C[C@H](N)C1CC1.Cc1cnc(C(C)N)cn1.N.N#CN.NC1CC1.NC1CCOCC1.NC1COC1.NCC1CC1.NCCCO.NCCN1CCCC1. The number of nitrogens with two attached hydrogens (primary N) is 14. The highest BCUT2D eigenvalue weighted by Gasteiger charge is 2.31.